The van der Waals surface area contributed by atoms with Crippen molar-refractivity contribution in [3.63, 3.8) is 0 Å². The second kappa shape index (κ2) is 6.33. The normalized spacial score (nSPS) is 11.0. The number of carbonyl (C=O) groups is 1. The molecule has 0 fully saturated rings. The molecule has 1 aromatic carbocycles. The van der Waals surface area contributed by atoms with E-state index in [9.17, 15) is 14.9 Å². The lowest BCUT2D eigenvalue weighted by Crippen LogP contribution is -2.46. The van der Waals surface area contributed by atoms with E-state index >= 15 is 0 Å². The summed E-state index contributed by atoms with van der Waals surface area (Å²) in [5, 5.41) is 16.4. The van der Waals surface area contributed by atoms with Gasteiger partial charge in [0.1, 0.15) is 0 Å². The Morgan fingerprint density at radius 2 is 2.10 bits per heavy atom. The molecule has 7 nitrogen and oxygen atoms in total. The third-order valence-corrected chi connectivity index (χ3v) is 2.69. The minimum Gasteiger partial charge on any atom is -0.387 e. The van der Waals surface area contributed by atoms with E-state index in [0.29, 0.717) is 12.3 Å². The van der Waals surface area contributed by atoms with E-state index in [1.54, 1.807) is 14.2 Å². The maximum Gasteiger partial charge on any atom is 0.270 e. The Balaban J connectivity index is 3.07. The number of nitrogens with zero attached hydrogens (tertiary/aromatic N) is 1. The Kier molecular flexibility index (Phi) is 5.04. The number of nitrogens with one attached hydrogen (secondary N) is 2. The van der Waals surface area contributed by atoms with E-state index in [0.717, 1.165) is 0 Å². The summed E-state index contributed by atoms with van der Waals surface area (Å²) >= 11 is 0. The van der Waals surface area contributed by atoms with Crippen molar-refractivity contribution in [1.82, 2.24) is 5.32 Å². The van der Waals surface area contributed by atoms with E-state index in [-0.39, 0.29) is 17.2 Å². The number of methoxy groups -OCH3 is 1. The molecule has 110 valence electrons. The minimum absolute atomic E-state index is 0.126. The number of nitro groups is 1. The van der Waals surface area contributed by atoms with Gasteiger partial charge in [0, 0.05) is 32.0 Å². The number of nitro benzene ring substituents is 1. The average Bonchev–Trinajstić information content (AvgIpc) is 2.37. The monoisotopic (exact) mass is 281 g/mol. The summed E-state index contributed by atoms with van der Waals surface area (Å²) in [7, 11) is 3.19. The zero-order chi connectivity index (χ0) is 15.3. The zero-order valence-corrected chi connectivity index (χ0v) is 12.0. The number of hydrogen-bond acceptors (Lipinski definition) is 5. The van der Waals surface area contributed by atoms with Crippen LogP contribution in [-0.4, -0.2) is 37.1 Å². The van der Waals surface area contributed by atoms with Crippen molar-refractivity contribution in [1.29, 1.82) is 0 Å². The van der Waals surface area contributed by atoms with Gasteiger partial charge in [-0.3, -0.25) is 14.9 Å². The number of benzene rings is 1. The van der Waals surface area contributed by atoms with Gasteiger partial charge in [0.15, 0.2) is 0 Å². The summed E-state index contributed by atoms with van der Waals surface area (Å²) in [6.07, 6.45) is 0. The summed E-state index contributed by atoms with van der Waals surface area (Å²) in [6, 6.07) is 4.11. The largest absolute Gasteiger partial charge is 0.387 e. The summed E-state index contributed by atoms with van der Waals surface area (Å²) in [5.74, 6) is -0.389. The summed E-state index contributed by atoms with van der Waals surface area (Å²) in [5.41, 5.74) is 0.0625. The Bertz CT molecular complexity index is 514. The lowest BCUT2D eigenvalue weighted by Gasteiger charge is -2.25. The summed E-state index contributed by atoms with van der Waals surface area (Å²) in [4.78, 5) is 22.5. The topological polar surface area (TPSA) is 93.5 Å². The predicted octanol–water partition coefficient (Wildman–Crippen LogP) is 1.79. The van der Waals surface area contributed by atoms with Gasteiger partial charge >= 0.3 is 0 Å². The highest BCUT2D eigenvalue weighted by atomic mass is 16.6. The molecule has 0 atom stereocenters. The van der Waals surface area contributed by atoms with Crippen molar-refractivity contribution in [3.8, 4) is 0 Å². The molecule has 1 rings (SSSR count). The highest BCUT2D eigenvalue weighted by molar-refractivity contribution is 6.00. The lowest BCUT2D eigenvalue weighted by atomic mass is 10.0. The van der Waals surface area contributed by atoms with Crippen LogP contribution in [0.1, 0.15) is 24.2 Å². The fourth-order valence-electron chi connectivity index (χ4n) is 1.82. The van der Waals surface area contributed by atoms with Crippen LogP contribution in [0, 0.1) is 10.1 Å². The van der Waals surface area contributed by atoms with Crippen LogP contribution in [0.4, 0.5) is 11.4 Å². The van der Waals surface area contributed by atoms with E-state index in [1.807, 2.05) is 13.8 Å². The van der Waals surface area contributed by atoms with Crippen LogP contribution in [0.3, 0.4) is 0 Å². The maximum absolute atomic E-state index is 12.3. The number of carbonyl (C=O) groups excluding carboxylic acids is 1. The van der Waals surface area contributed by atoms with Gasteiger partial charge in [-0.1, -0.05) is 0 Å². The number of anilines is 1. The van der Waals surface area contributed by atoms with Gasteiger partial charge in [-0.05, 0) is 19.9 Å². The molecule has 1 amide bonds. The number of ether oxygens (including phenoxy) is 1. The maximum atomic E-state index is 12.3. The number of hydrogen-bond donors (Lipinski definition) is 2. The molecule has 7 heteroatoms. The number of amides is 1. The van der Waals surface area contributed by atoms with E-state index in [2.05, 4.69) is 10.6 Å². The molecule has 0 saturated heterocycles. The minimum atomic E-state index is -0.568. The third-order valence-electron chi connectivity index (χ3n) is 2.69. The van der Waals surface area contributed by atoms with Gasteiger partial charge in [-0.2, -0.15) is 0 Å². The van der Waals surface area contributed by atoms with Gasteiger partial charge in [-0.15, -0.1) is 0 Å². The second-order valence-corrected chi connectivity index (χ2v) is 5.01. The van der Waals surface area contributed by atoms with Crippen LogP contribution < -0.4 is 10.6 Å². The Morgan fingerprint density at radius 1 is 1.45 bits per heavy atom. The van der Waals surface area contributed by atoms with Crippen molar-refractivity contribution >= 4 is 17.3 Å². The highest BCUT2D eigenvalue weighted by Crippen LogP contribution is 2.22. The molecule has 0 aliphatic heterocycles. The first-order valence-electron chi connectivity index (χ1n) is 6.08. The molecular formula is C13H19N3O4. The van der Waals surface area contributed by atoms with Gasteiger partial charge in [-0.25, -0.2) is 0 Å². The summed E-state index contributed by atoms with van der Waals surface area (Å²) in [6.45, 7) is 3.96. The molecule has 0 radical (unpaired) electrons. The van der Waals surface area contributed by atoms with Crippen LogP contribution in [0.2, 0.25) is 0 Å². The number of rotatable bonds is 6. The molecule has 2 N–H and O–H groups in total. The van der Waals surface area contributed by atoms with Gasteiger partial charge in [0.05, 0.1) is 22.6 Å². The first-order valence-corrected chi connectivity index (χ1v) is 6.08. The molecule has 0 unspecified atom stereocenters. The fraction of sp³-hybridized carbons (Fsp3) is 0.462. The standard InChI is InChI=1S/C13H19N3O4/c1-13(2,8-20-4)15-12(17)10-7-9(16(18)19)5-6-11(10)14-3/h5-7,14H,8H2,1-4H3,(H,15,17). The molecule has 20 heavy (non-hydrogen) atoms. The fourth-order valence-corrected chi connectivity index (χ4v) is 1.82. The van der Waals surface area contributed by atoms with Crippen molar-refractivity contribution < 1.29 is 14.5 Å². The molecule has 0 saturated carbocycles. The van der Waals surface area contributed by atoms with Gasteiger partial charge < -0.3 is 15.4 Å². The van der Waals surface area contributed by atoms with Crippen LogP contribution in [0.5, 0.6) is 0 Å². The first-order chi connectivity index (χ1) is 9.30. The van der Waals surface area contributed by atoms with Crippen molar-refractivity contribution in [2.24, 2.45) is 0 Å². The van der Waals surface area contributed by atoms with E-state index < -0.39 is 10.5 Å². The molecule has 0 bridgehead atoms. The molecule has 0 aliphatic rings. The quantitative estimate of drug-likeness (QED) is 0.612. The van der Waals surface area contributed by atoms with Crippen molar-refractivity contribution in [3.05, 3.63) is 33.9 Å². The van der Waals surface area contributed by atoms with Crippen LogP contribution in [0.15, 0.2) is 18.2 Å². The molecule has 0 heterocycles. The smallest absolute Gasteiger partial charge is 0.270 e. The average molecular weight is 281 g/mol. The highest BCUT2D eigenvalue weighted by Gasteiger charge is 2.23. The molecule has 0 aliphatic carbocycles. The Hall–Kier alpha value is -2.15. The van der Waals surface area contributed by atoms with Crippen molar-refractivity contribution in [2.75, 3.05) is 26.1 Å². The number of non-ortho nitro benzene ring substituents is 1. The van der Waals surface area contributed by atoms with Crippen LogP contribution >= 0.6 is 0 Å². The van der Waals surface area contributed by atoms with E-state index in [4.69, 9.17) is 4.74 Å². The van der Waals surface area contributed by atoms with Crippen molar-refractivity contribution in [2.45, 2.75) is 19.4 Å². The predicted molar refractivity (Wildman–Crippen MR) is 76.1 cm³/mol. The summed E-state index contributed by atoms with van der Waals surface area (Å²) < 4.78 is 5.02. The Morgan fingerprint density at radius 3 is 2.60 bits per heavy atom. The Labute approximate surface area is 117 Å². The molecule has 0 aromatic heterocycles. The third kappa shape index (κ3) is 3.92. The molecule has 0 spiro atoms. The SMILES string of the molecule is CNc1ccc([N+](=O)[O-])cc1C(=O)NC(C)(C)COC. The second-order valence-electron chi connectivity index (χ2n) is 5.01. The zero-order valence-electron chi connectivity index (χ0n) is 12.0. The molecule has 1 aromatic rings. The van der Waals surface area contributed by atoms with Crippen LogP contribution in [0.25, 0.3) is 0 Å². The van der Waals surface area contributed by atoms with Crippen LogP contribution in [-0.2, 0) is 4.74 Å². The lowest BCUT2D eigenvalue weighted by molar-refractivity contribution is -0.384. The van der Waals surface area contributed by atoms with Gasteiger partial charge in [0.2, 0.25) is 0 Å². The van der Waals surface area contributed by atoms with E-state index in [1.165, 1.54) is 18.2 Å². The molecular weight excluding hydrogens is 262 g/mol. The first kappa shape index (κ1) is 15.9. The van der Waals surface area contributed by atoms with Gasteiger partial charge in [0.25, 0.3) is 11.6 Å².